The molecule has 0 radical (unpaired) electrons. The van der Waals surface area contributed by atoms with Crippen LogP contribution in [0.2, 0.25) is 5.02 Å². The number of carbonyl (C=O) groups is 1. The Bertz CT molecular complexity index is 797. The number of benzene rings is 2. The van der Waals surface area contributed by atoms with Crippen molar-refractivity contribution < 1.29 is 9.18 Å². The van der Waals surface area contributed by atoms with Crippen LogP contribution in [0, 0.1) is 17.1 Å². The van der Waals surface area contributed by atoms with Crippen LogP contribution in [0.4, 0.5) is 4.39 Å². The largest absolute Gasteiger partial charge is 0.389 e. The van der Waals surface area contributed by atoms with E-state index in [9.17, 15) is 9.18 Å². The van der Waals surface area contributed by atoms with E-state index < -0.39 is 5.91 Å². The van der Waals surface area contributed by atoms with Gasteiger partial charge in [-0.3, -0.25) is 4.79 Å². The second-order valence-electron chi connectivity index (χ2n) is 5.31. The highest BCUT2D eigenvalue weighted by Gasteiger charge is 2.08. The van der Waals surface area contributed by atoms with E-state index >= 15 is 0 Å². The summed E-state index contributed by atoms with van der Waals surface area (Å²) in [6.45, 7) is 0.789. The lowest BCUT2D eigenvalue weighted by Crippen LogP contribution is -2.25. The lowest BCUT2D eigenvalue weighted by atomic mass is 10.1. The van der Waals surface area contributed by atoms with Crippen LogP contribution in [0.5, 0.6) is 0 Å². The molecule has 0 fully saturated rings. The maximum Gasteiger partial charge on any atom is 0.263 e. The fraction of sp³-hybridized carbons (Fsp3) is 0.158. The zero-order chi connectivity index (χ0) is 18.1. The van der Waals surface area contributed by atoms with Crippen LogP contribution >= 0.6 is 11.6 Å². The molecule has 0 aliphatic rings. The fourth-order valence-corrected chi connectivity index (χ4v) is 2.24. The van der Waals surface area contributed by atoms with E-state index in [1.165, 1.54) is 18.3 Å². The second-order valence-corrected chi connectivity index (χ2v) is 5.75. The van der Waals surface area contributed by atoms with Gasteiger partial charge in [-0.05, 0) is 41.8 Å². The summed E-state index contributed by atoms with van der Waals surface area (Å²) < 4.78 is 13.1. The molecule has 0 saturated heterocycles. The molecule has 128 valence electrons. The summed E-state index contributed by atoms with van der Waals surface area (Å²) in [5.41, 5.74) is 1.70. The Morgan fingerprint density at radius 1 is 1.20 bits per heavy atom. The third-order valence-electron chi connectivity index (χ3n) is 3.42. The Labute approximate surface area is 150 Å². The molecule has 2 rings (SSSR count). The number of carbonyl (C=O) groups excluding carboxylic acids is 1. The molecular weight excluding hydrogens is 341 g/mol. The summed E-state index contributed by atoms with van der Waals surface area (Å²) in [6, 6.07) is 15.2. The van der Waals surface area contributed by atoms with Crippen LogP contribution in [-0.2, 0) is 17.8 Å². The standard InChI is InChI=1S/C19H17ClFN3O/c20-17-6-4-15(5-7-17)12-24-19(25)16(11-22)13-23-9-8-14-2-1-3-18(21)10-14/h1-7,10,13,23H,8-9,12H2,(H,24,25)/b16-13-. The van der Waals surface area contributed by atoms with Gasteiger partial charge in [0, 0.05) is 24.3 Å². The molecule has 25 heavy (non-hydrogen) atoms. The van der Waals surface area contributed by atoms with Crippen LogP contribution < -0.4 is 10.6 Å². The van der Waals surface area contributed by atoms with Gasteiger partial charge in [0.1, 0.15) is 17.5 Å². The van der Waals surface area contributed by atoms with Gasteiger partial charge >= 0.3 is 0 Å². The van der Waals surface area contributed by atoms with Crippen LogP contribution in [0.15, 0.2) is 60.3 Å². The Morgan fingerprint density at radius 3 is 2.64 bits per heavy atom. The minimum absolute atomic E-state index is 0.0202. The lowest BCUT2D eigenvalue weighted by Gasteiger charge is -2.06. The maximum absolute atomic E-state index is 13.1. The zero-order valence-electron chi connectivity index (χ0n) is 13.4. The molecule has 0 atom stereocenters. The molecule has 2 N–H and O–H groups in total. The predicted octanol–water partition coefficient (Wildman–Crippen LogP) is 3.34. The molecule has 0 unspecified atom stereocenters. The van der Waals surface area contributed by atoms with Crippen molar-refractivity contribution in [1.29, 1.82) is 5.26 Å². The highest BCUT2D eigenvalue weighted by atomic mass is 35.5. The minimum Gasteiger partial charge on any atom is -0.389 e. The monoisotopic (exact) mass is 357 g/mol. The van der Waals surface area contributed by atoms with Crippen molar-refractivity contribution in [2.24, 2.45) is 0 Å². The molecule has 0 aromatic heterocycles. The highest BCUT2D eigenvalue weighted by molar-refractivity contribution is 6.30. The van der Waals surface area contributed by atoms with Gasteiger partial charge in [0.25, 0.3) is 5.91 Å². The third kappa shape index (κ3) is 6.28. The molecule has 0 bridgehead atoms. The molecule has 6 heteroatoms. The number of nitriles is 1. The topological polar surface area (TPSA) is 64.9 Å². The second kappa shape index (κ2) is 9.45. The number of rotatable bonds is 7. The first-order chi connectivity index (χ1) is 12.1. The maximum atomic E-state index is 13.1. The molecule has 2 aromatic carbocycles. The Balaban J connectivity index is 1.81. The first-order valence-corrected chi connectivity index (χ1v) is 8.07. The summed E-state index contributed by atoms with van der Waals surface area (Å²) in [4.78, 5) is 12.0. The zero-order valence-corrected chi connectivity index (χ0v) is 14.2. The van der Waals surface area contributed by atoms with Crippen LogP contribution in [-0.4, -0.2) is 12.5 Å². The van der Waals surface area contributed by atoms with Gasteiger partial charge in [-0.25, -0.2) is 4.39 Å². The van der Waals surface area contributed by atoms with Gasteiger partial charge in [-0.1, -0.05) is 35.9 Å². The number of nitrogens with zero attached hydrogens (tertiary/aromatic N) is 1. The average molecular weight is 358 g/mol. The summed E-state index contributed by atoms with van der Waals surface area (Å²) >= 11 is 5.80. The van der Waals surface area contributed by atoms with E-state index in [1.54, 1.807) is 30.3 Å². The van der Waals surface area contributed by atoms with Crippen molar-refractivity contribution in [3.05, 3.63) is 82.3 Å². The van der Waals surface area contributed by atoms with Crippen molar-refractivity contribution >= 4 is 17.5 Å². The summed E-state index contributed by atoms with van der Waals surface area (Å²) in [5, 5.41) is 15.3. The summed E-state index contributed by atoms with van der Waals surface area (Å²) in [7, 11) is 0. The van der Waals surface area contributed by atoms with Crippen molar-refractivity contribution in [3.8, 4) is 6.07 Å². The van der Waals surface area contributed by atoms with Crippen molar-refractivity contribution in [2.45, 2.75) is 13.0 Å². The van der Waals surface area contributed by atoms with Gasteiger partial charge < -0.3 is 10.6 Å². The molecule has 0 aliphatic heterocycles. The number of hydrogen-bond donors (Lipinski definition) is 2. The molecule has 1 amide bonds. The van der Waals surface area contributed by atoms with Crippen molar-refractivity contribution in [3.63, 3.8) is 0 Å². The van der Waals surface area contributed by atoms with Gasteiger partial charge in [0.2, 0.25) is 0 Å². The normalized spacial score (nSPS) is 10.8. The number of nitrogens with one attached hydrogen (secondary N) is 2. The summed E-state index contributed by atoms with van der Waals surface area (Å²) in [5.74, 6) is -0.747. The van der Waals surface area contributed by atoms with E-state index in [0.717, 1.165) is 11.1 Å². The van der Waals surface area contributed by atoms with Crippen LogP contribution in [0.3, 0.4) is 0 Å². The summed E-state index contributed by atoms with van der Waals surface area (Å²) in [6.07, 6.45) is 1.95. The molecule has 0 aliphatic carbocycles. The van der Waals surface area contributed by atoms with E-state index in [2.05, 4.69) is 10.6 Å². The van der Waals surface area contributed by atoms with Crippen molar-refractivity contribution in [1.82, 2.24) is 10.6 Å². The molecule has 0 saturated carbocycles. The first kappa shape index (κ1) is 18.5. The third-order valence-corrected chi connectivity index (χ3v) is 3.68. The molecule has 0 heterocycles. The van der Waals surface area contributed by atoms with Crippen LogP contribution in [0.25, 0.3) is 0 Å². The molecule has 2 aromatic rings. The lowest BCUT2D eigenvalue weighted by molar-refractivity contribution is -0.117. The highest BCUT2D eigenvalue weighted by Crippen LogP contribution is 2.09. The number of amides is 1. The Kier molecular flexibility index (Phi) is 7.00. The smallest absolute Gasteiger partial charge is 0.263 e. The van der Waals surface area contributed by atoms with E-state index in [1.807, 2.05) is 12.1 Å². The fourth-order valence-electron chi connectivity index (χ4n) is 2.11. The molecule has 0 spiro atoms. The van der Waals surface area contributed by atoms with Gasteiger partial charge in [-0.2, -0.15) is 5.26 Å². The van der Waals surface area contributed by atoms with Crippen molar-refractivity contribution in [2.75, 3.05) is 6.54 Å². The van der Waals surface area contributed by atoms with Gasteiger partial charge in [0.05, 0.1) is 0 Å². The average Bonchev–Trinajstić information content (AvgIpc) is 2.61. The van der Waals surface area contributed by atoms with E-state index in [0.29, 0.717) is 24.5 Å². The molecular formula is C19H17ClFN3O. The van der Waals surface area contributed by atoms with Crippen LogP contribution in [0.1, 0.15) is 11.1 Å². The van der Waals surface area contributed by atoms with Gasteiger partial charge in [-0.15, -0.1) is 0 Å². The minimum atomic E-state index is -0.462. The quantitative estimate of drug-likeness (QED) is 0.454. The Morgan fingerprint density at radius 2 is 1.96 bits per heavy atom. The number of hydrogen-bond acceptors (Lipinski definition) is 3. The number of halogens is 2. The van der Waals surface area contributed by atoms with E-state index in [4.69, 9.17) is 16.9 Å². The SMILES string of the molecule is N#C/C(=C/NCCc1cccc(F)c1)C(=O)NCc1ccc(Cl)cc1. The first-order valence-electron chi connectivity index (χ1n) is 7.69. The Hall–Kier alpha value is -2.84. The predicted molar refractivity (Wildman–Crippen MR) is 95.1 cm³/mol. The van der Waals surface area contributed by atoms with E-state index in [-0.39, 0.29) is 11.4 Å². The van der Waals surface area contributed by atoms with Gasteiger partial charge in [0.15, 0.2) is 0 Å². The molecule has 4 nitrogen and oxygen atoms in total.